The Bertz CT molecular complexity index is 1300. The van der Waals surface area contributed by atoms with Gasteiger partial charge in [-0.15, -0.1) is 0 Å². The van der Waals surface area contributed by atoms with Gasteiger partial charge in [-0.3, -0.25) is 14.4 Å². The molecule has 0 fully saturated rings. The van der Waals surface area contributed by atoms with Crippen LogP contribution in [0.4, 0.5) is 5.69 Å². The van der Waals surface area contributed by atoms with Crippen molar-refractivity contribution in [2.45, 2.75) is 32.0 Å². The predicted molar refractivity (Wildman–Crippen MR) is 134 cm³/mol. The number of benzene rings is 3. The molecule has 0 saturated heterocycles. The molecular formula is C28H26N4O4. The molecule has 4 rings (SSSR count). The molecule has 3 aromatic carbocycles. The second-order valence-electron chi connectivity index (χ2n) is 8.65. The zero-order chi connectivity index (χ0) is 25.5. The summed E-state index contributed by atoms with van der Waals surface area (Å²) in [4.78, 5) is 39.1. The van der Waals surface area contributed by atoms with Crippen LogP contribution in [0.5, 0.6) is 0 Å². The van der Waals surface area contributed by atoms with Gasteiger partial charge in [0.25, 0.3) is 5.91 Å². The van der Waals surface area contributed by atoms with Gasteiger partial charge in [-0.05, 0) is 47.4 Å². The Kier molecular flexibility index (Phi) is 7.61. The molecule has 1 atom stereocenters. The standard InChI is InChI=1S/C28H26N4O4/c29-16-20-6-8-21(9-7-20)17-30-27(35)22-10-11-23-18-32(13-12-19-4-2-1-3-5-19)28(36)25(15-26(33)34)31-24(23)14-22/h1-11,14,25,31H,12-13,15,17-18H2,(H,30,35)(H,33,34). The molecule has 3 N–H and O–H groups in total. The highest BCUT2D eigenvalue weighted by molar-refractivity contribution is 5.96. The first kappa shape index (κ1) is 24.5. The highest BCUT2D eigenvalue weighted by Crippen LogP contribution is 2.26. The van der Waals surface area contributed by atoms with E-state index in [2.05, 4.69) is 16.7 Å². The first-order chi connectivity index (χ1) is 17.4. The van der Waals surface area contributed by atoms with E-state index in [1.165, 1.54) is 0 Å². The van der Waals surface area contributed by atoms with Crippen molar-refractivity contribution in [2.24, 2.45) is 0 Å². The van der Waals surface area contributed by atoms with Gasteiger partial charge in [-0.1, -0.05) is 48.5 Å². The summed E-state index contributed by atoms with van der Waals surface area (Å²) in [5.74, 6) is -1.66. The van der Waals surface area contributed by atoms with Gasteiger partial charge in [0.2, 0.25) is 5.91 Å². The van der Waals surface area contributed by atoms with E-state index in [0.29, 0.717) is 42.9 Å². The summed E-state index contributed by atoms with van der Waals surface area (Å²) in [6.45, 7) is 1.06. The van der Waals surface area contributed by atoms with Gasteiger partial charge in [-0.2, -0.15) is 5.26 Å². The molecule has 36 heavy (non-hydrogen) atoms. The van der Waals surface area contributed by atoms with E-state index >= 15 is 0 Å². The molecule has 1 aliphatic rings. The van der Waals surface area contributed by atoms with Crippen molar-refractivity contribution >= 4 is 23.5 Å². The van der Waals surface area contributed by atoms with Crippen molar-refractivity contribution in [3.05, 3.63) is 101 Å². The van der Waals surface area contributed by atoms with Crippen LogP contribution in [0.2, 0.25) is 0 Å². The van der Waals surface area contributed by atoms with Crippen LogP contribution in [-0.4, -0.2) is 40.4 Å². The van der Waals surface area contributed by atoms with Crippen molar-refractivity contribution < 1.29 is 19.5 Å². The lowest BCUT2D eigenvalue weighted by Crippen LogP contribution is -2.42. The maximum absolute atomic E-state index is 13.2. The molecule has 2 amide bonds. The van der Waals surface area contributed by atoms with E-state index in [9.17, 15) is 19.5 Å². The molecule has 0 radical (unpaired) electrons. The third-order valence-corrected chi connectivity index (χ3v) is 6.10. The highest BCUT2D eigenvalue weighted by Gasteiger charge is 2.31. The van der Waals surface area contributed by atoms with E-state index in [-0.39, 0.29) is 18.2 Å². The smallest absolute Gasteiger partial charge is 0.305 e. The SMILES string of the molecule is N#Cc1ccc(CNC(=O)c2ccc3c(c2)NC(CC(=O)O)C(=O)N(CCc2ccccc2)C3)cc1. The average molecular weight is 483 g/mol. The Labute approximate surface area is 209 Å². The number of anilines is 1. The van der Waals surface area contributed by atoms with E-state index < -0.39 is 12.0 Å². The van der Waals surface area contributed by atoms with E-state index in [0.717, 1.165) is 16.7 Å². The number of rotatable bonds is 8. The van der Waals surface area contributed by atoms with Gasteiger partial charge < -0.3 is 20.6 Å². The van der Waals surface area contributed by atoms with Gasteiger partial charge in [0, 0.05) is 30.9 Å². The third-order valence-electron chi connectivity index (χ3n) is 6.10. The second kappa shape index (κ2) is 11.2. The highest BCUT2D eigenvalue weighted by atomic mass is 16.4. The molecule has 8 nitrogen and oxygen atoms in total. The van der Waals surface area contributed by atoms with Crippen molar-refractivity contribution in [3.8, 4) is 6.07 Å². The molecule has 1 aliphatic heterocycles. The Morgan fingerprint density at radius 2 is 1.81 bits per heavy atom. The number of hydrogen-bond acceptors (Lipinski definition) is 5. The number of nitrogens with one attached hydrogen (secondary N) is 2. The van der Waals surface area contributed by atoms with E-state index in [4.69, 9.17) is 5.26 Å². The number of carboxylic acid groups (broad SMARTS) is 1. The molecule has 0 bridgehead atoms. The summed E-state index contributed by atoms with van der Waals surface area (Å²) < 4.78 is 0. The molecule has 0 aromatic heterocycles. The van der Waals surface area contributed by atoms with Gasteiger partial charge >= 0.3 is 5.97 Å². The number of hydrogen-bond donors (Lipinski definition) is 3. The van der Waals surface area contributed by atoms with Crippen LogP contribution in [0.1, 0.15) is 39.0 Å². The quantitative estimate of drug-likeness (QED) is 0.453. The Morgan fingerprint density at radius 3 is 2.50 bits per heavy atom. The minimum absolute atomic E-state index is 0.281. The maximum atomic E-state index is 13.2. The minimum Gasteiger partial charge on any atom is -0.481 e. The Morgan fingerprint density at radius 1 is 1.06 bits per heavy atom. The number of nitrogens with zero attached hydrogens (tertiary/aromatic N) is 2. The van der Waals surface area contributed by atoms with Crippen molar-refractivity contribution in [1.82, 2.24) is 10.2 Å². The number of fused-ring (bicyclic) bond motifs is 1. The molecule has 1 heterocycles. The number of carboxylic acids is 1. The fourth-order valence-electron chi connectivity index (χ4n) is 4.14. The summed E-state index contributed by atoms with van der Waals surface area (Å²) in [7, 11) is 0. The number of amides is 2. The van der Waals surface area contributed by atoms with E-state index in [1.54, 1.807) is 47.4 Å². The predicted octanol–water partition coefficient (Wildman–Crippen LogP) is 3.33. The van der Waals surface area contributed by atoms with Crippen molar-refractivity contribution in [2.75, 3.05) is 11.9 Å². The summed E-state index contributed by atoms with van der Waals surface area (Å²) in [5, 5.41) is 24.2. The average Bonchev–Trinajstić information content (AvgIpc) is 3.02. The Balaban J connectivity index is 1.50. The largest absolute Gasteiger partial charge is 0.481 e. The number of carbonyl (C=O) groups excluding carboxylic acids is 2. The van der Waals surface area contributed by atoms with Crippen LogP contribution in [0.3, 0.4) is 0 Å². The fourth-order valence-corrected chi connectivity index (χ4v) is 4.14. The van der Waals surface area contributed by atoms with Crippen LogP contribution in [0, 0.1) is 11.3 Å². The van der Waals surface area contributed by atoms with Crippen LogP contribution >= 0.6 is 0 Å². The summed E-state index contributed by atoms with van der Waals surface area (Å²) in [6.07, 6.45) is 0.284. The summed E-state index contributed by atoms with van der Waals surface area (Å²) in [5.41, 5.74) is 4.28. The first-order valence-corrected chi connectivity index (χ1v) is 11.6. The second-order valence-corrected chi connectivity index (χ2v) is 8.65. The molecule has 0 aliphatic carbocycles. The molecule has 0 spiro atoms. The molecule has 182 valence electrons. The molecule has 3 aromatic rings. The van der Waals surface area contributed by atoms with E-state index in [1.807, 2.05) is 30.3 Å². The van der Waals surface area contributed by atoms with Crippen molar-refractivity contribution in [1.29, 1.82) is 5.26 Å². The topological polar surface area (TPSA) is 123 Å². The first-order valence-electron chi connectivity index (χ1n) is 11.6. The number of nitriles is 1. The van der Waals surface area contributed by atoms with Crippen molar-refractivity contribution in [3.63, 3.8) is 0 Å². The lowest BCUT2D eigenvalue weighted by molar-refractivity contribution is -0.141. The van der Waals surface area contributed by atoms with Gasteiger partial charge in [0.05, 0.1) is 18.1 Å². The summed E-state index contributed by atoms with van der Waals surface area (Å²) >= 11 is 0. The maximum Gasteiger partial charge on any atom is 0.305 e. The fraction of sp³-hybridized carbons (Fsp3) is 0.214. The van der Waals surface area contributed by atoms with Crippen LogP contribution in [0.25, 0.3) is 0 Å². The zero-order valence-electron chi connectivity index (χ0n) is 19.6. The van der Waals surface area contributed by atoms with Gasteiger partial charge in [0.15, 0.2) is 0 Å². The van der Waals surface area contributed by atoms with Gasteiger partial charge in [-0.25, -0.2) is 0 Å². The molecule has 1 unspecified atom stereocenters. The van der Waals surface area contributed by atoms with Gasteiger partial charge in [0.1, 0.15) is 6.04 Å². The zero-order valence-corrected chi connectivity index (χ0v) is 19.6. The number of aliphatic carboxylic acids is 1. The molecule has 0 saturated carbocycles. The monoisotopic (exact) mass is 482 g/mol. The van der Waals surface area contributed by atoms with Crippen LogP contribution in [0.15, 0.2) is 72.8 Å². The summed E-state index contributed by atoms with van der Waals surface area (Å²) in [6, 6.07) is 23.0. The number of carbonyl (C=O) groups is 3. The lowest BCUT2D eigenvalue weighted by atomic mass is 10.1. The Hall–Kier alpha value is -4.64. The van der Waals surface area contributed by atoms with Crippen LogP contribution in [-0.2, 0) is 29.1 Å². The lowest BCUT2D eigenvalue weighted by Gasteiger charge is -2.24. The van der Waals surface area contributed by atoms with Crippen LogP contribution < -0.4 is 10.6 Å². The molecule has 8 heteroatoms. The third kappa shape index (κ3) is 6.07. The molecular weight excluding hydrogens is 456 g/mol. The normalized spacial score (nSPS) is 14.7. The minimum atomic E-state index is -1.08.